The average molecular weight is 597 g/mol. The third-order valence-corrected chi connectivity index (χ3v) is 7.74. The van der Waals surface area contributed by atoms with Gasteiger partial charge in [-0.2, -0.15) is 0 Å². The monoisotopic (exact) mass is 596 g/mol. The highest BCUT2D eigenvalue weighted by atomic mass is 16.3. The van der Waals surface area contributed by atoms with E-state index in [-0.39, 0.29) is 71.3 Å². The first-order valence-electron chi connectivity index (χ1n) is 24.6. The molecule has 3 aromatic heterocycles. The lowest BCUT2D eigenvalue weighted by molar-refractivity contribution is 0.669. The Morgan fingerprint density at radius 3 is 1.78 bits per heavy atom. The Balaban J connectivity index is 1.39. The molecule has 0 saturated heterocycles. The summed E-state index contributed by atoms with van der Waals surface area (Å²) in [4.78, 5) is 0. The molecule has 0 aliphatic carbocycles. The van der Waals surface area contributed by atoms with E-state index < -0.39 is 150 Å². The van der Waals surface area contributed by atoms with E-state index >= 15 is 0 Å². The van der Waals surface area contributed by atoms with Gasteiger partial charge in [-0.3, -0.25) is 0 Å². The van der Waals surface area contributed by atoms with E-state index in [1.807, 2.05) is 0 Å². The summed E-state index contributed by atoms with van der Waals surface area (Å²) >= 11 is 0. The third-order valence-electron chi connectivity index (χ3n) is 7.74. The van der Waals surface area contributed by atoms with Gasteiger partial charge in [0.1, 0.15) is 11.2 Å². The molecule has 3 heteroatoms. The minimum atomic E-state index is -0.814. The van der Waals surface area contributed by atoms with Crippen molar-refractivity contribution in [1.29, 1.82) is 0 Å². The molecule has 7 aromatic carbocycles. The summed E-state index contributed by atoms with van der Waals surface area (Å²) in [6.07, 6.45) is 0. The molecule has 10 aromatic rings. The molecule has 0 amide bonds. The number of hydrogen-bond donors (Lipinski definition) is 0. The maximum Gasteiger partial charge on any atom is 0.136 e. The van der Waals surface area contributed by atoms with Gasteiger partial charge in [-0.1, -0.05) is 96.7 Å². The Labute approximate surface area is 289 Å². The van der Waals surface area contributed by atoms with Crippen LogP contribution in [0.2, 0.25) is 0 Å². The van der Waals surface area contributed by atoms with Crippen LogP contribution in [0.3, 0.4) is 0 Å². The van der Waals surface area contributed by atoms with Crippen LogP contribution in [0.5, 0.6) is 0 Å². The lowest BCUT2D eigenvalue weighted by Crippen LogP contribution is -1.96. The van der Waals surface area contributed by atoms with Crippen LogP contribution in [0.25, 0.3) is 88.1 Å². The lowest BCUT2D eigenvalue weighted by atomic mass is 9.99. The molecule has 45 heavy (non-hydrogen) atoms. The number of benzene rings is 7. The Morgan fingerprint density at radius 1 is 0.467 bits per heavy atom. The molecule has 0 spiro atoms. The van der Waals surface area contributed by atoms with Gasteiger partial charge < -0.3 is 13.6 Å². The normalized spacial score (nSPS) is 18.8. The summed E-state index contributed by atoms with van der Waals surface area (Å²) in [5.41, 5.74) is -2.80. The van der Waals surface area contributed by atoms with E-state index in [1.165, 1.54) is 28.8 Å². The van der Waals surface area contributed by atoms with E-state index in [2.05, 4.69) is 0 Å². The van der Waals surface area contributed by atoms with Gasteiger partial charge in [0, 0.05) is 43.7 Å². The van der Waals surface area contributed by atoms with Gasteiger partial charge in [-0.15, -0.1) is 0 Å². The van der Waals surface area contributed by atoms with E-state index in [4.69, 9.17) is 29.1 Å². The largest absolute Gasteiger partial charge is 0.456 e. The zero-order chi connectivity index (χ0) is 48.6. The standard InChI is InChI=1S/C42H26N2O/c1-5-18-36-31(13-1)32-14-2-6-19-37(32)44(36)29-23-24-39-35(26-29)33-15-3-7-20-38(33)43(39)28-12-9-11-27(25-28)30-17-10-22-41-42(30)34-16-4-8-21-40(34)45-41/h1-26H/i1D,2D,3D,4D,5D,6D,7D,8D,10D,13D,14D,15D,16D,17D,18D,19D,20D,21D,22D,23D,24D,26D. The molecular formula is C42H26N2O. The molecule has 0 radical (unpaired) electrons. The zero-order valence-electron chi connectivity index (χ0n) is 44.6. The second kappa shape index (κ2) is 9.22. The van der Waals surface area contributed by atoms with Crippen LogP contribution in [0.4, 0.5) is 0 Å². The summed E-state index contributed by atoms with van der Waals surface area (Å²) in [7, 11) is 0. The zero-order valence-corrected chi connectivity index (χ0v) is 22.6. The summed E-state index contributed by atoms with van der Waals surface area (Å²) in [6.45, 7) is 0. The van der Waals surface area contributed by atoms with Crippen LogP contribution in [-0.4, -0.2) is 9.13 Å². The highest BCUT2D eigenvalue weighted by Gasteiger charge is 2.17. The van der Waals surface area contributed by atoms with Crippen molar-refractivity contribution in [3.63, 3.8) is 0 Å². The number of furan rings is 1. The van der Waals surface area contributed by atoms with Crippen molar-refractivity contribution in [3.05, 3.63) is 157 Å². The molecule has 3 nitrogen and oxygen atoms in total. The number of rotatable bonds is 3. The predicted molar refractivity (Wildman–Crippen MR) is 188 cm³/mol. The quantitative estimate of drug-likeness (QED) is 0.199. The van der Waals surface area contributed by atoms with Gasteiger partial charge in [-0.05, 0) is 71.6 Å². The first-order chi connectivity index (χ1) is 31.5. The molecule has 10 rings (SSSR count). The van der Waals surface area contributed by atoms with Crippen molar-refractivity contribution in [2.24, 2.45) is 0 Å². The highest BCUT2D eigenvalue weighted by Crippen LogP contribution is 2.40. The Bertz CT molecular complexity index is 3940. The van der Waals surface area contributed by atoms with E-state index in [1.54, 1.807) is 0 Å². The van der Waals surface area contributed by atoms with Gasteiger partial charge >= 0.3 is 0 Å². The first-order valence-corrected chi connectivity index (χ1v) is 13.6. The molecular weight excluding hydrogens is 548 g/mol. The highest BCUT2D eigenvalue weighted by molar-refractivity contribution is 6.14. The van der Waals surface area contributed by atoms with Crippen LogP contribution in [0.1, 0.15) is 30.2 Å². The summed E-state index contributed by atoms with van der Waals surface area (Å²) in [5.74, 6) is 0. The van der Waals surface area contributed by atoms with Crippen LogP contribution < -0.4 is 0 Å². The Morgan fingerprint density at radius 2 is 1.04 bits per heavy atom. The maximum absolute atomic E-state index is 9.85. The van der Waals surface area contributed by atoms with Crippen LogP contribution >= 0.6 is 0 Å². The van der Waals surface area contributed by atoms with Crippen molar-refractivity contribution >= 4 is 65.6 Å². The SMILES string of the molecule is [2H]c1c([2H])c([2H])c2c(oc3c([2H])c([2H])c([2H])c(-c4cccc(-n5c6c([2H])c([2H])c([2H])c([2H])c6c6c([2H])c(-n7c8c([2H])c([2H])c([2H])c([2H])c8c8c([2H])c([2H])c([2H])c([2H])c87)c([2H])c([2H])c65)c4)c32)c1[2H]. The summed E-state index contributed by atoms with van der Waals surface area (Å²) in [6, 6.07) is -9.29. The summed E-state index contributed by atoms with van der Waals surface area (Å²) in [5, 5.41) is -1.68. The van der Waals surface area contributed by atoms with Crippen molar-refractivity contribution in [3.8, 4) is 22.5 Å². The fraction of sp³-hybridized carbons (Fsp3) is 0. The van der Waals surface area contributed by atoms with Gasteiger partial charge in [-0.25, -0.2) is 0 Å². The molecule has 0 saturated carbocycles. The van der Waals surface area contributed by atoms with Gasteiger partial charge in [0.05, 0.1) is 52.2 Å². The predicted octanol–water partition coefficient (Wildman–Crippen LogP) is 11.4. The molecule has 3 heterocycles. The van der Waals surface area contributed by atoms with Crippen LogP contribution in [-0.2, 0) is 0 Å². The fourth-order valence-corrected chi connectivity index (χ4v) is 5.90. The van der Waals surface area contributed by atoms with Gasteiger partial charge in [0.2, 0.25) is 0 Å². The van der Waals surface area contributed by atoms with Crippen molar-refractivity contribution in [1.82, 2.24) is 9.13 Å². The fourth-order valence-electron chi connectivity index (χ4n) is 5.90. The van der Waals surface area contributed by atoms with E-state index in [0.29, 0.717) is 0 Å². The number of nitrogens with zero attached hydrogens (tertiary/aromatic N) is 2. The first kappa shape index (κ1) is 11.5. The number of fused-ring (bicyclic) bond motifs is 9. The minimum absolute atomic E-state index is 0.00593. The van der Waals surface area contributed by atoms with Crippen LogP contribution in [0, 0.1) is 0 Å². The molecule has 0 aliphatic rings. The lowest BCUT2D eigenvalue weighted by Gasteiger charge is -2.12. The number of para-hydroxylation sites is 4. The number of hydrogen-bond acceptors (Lipinski definition) is 1. The molecule has 0 N–H and O–H groups in total. The van der Waals surface area contributed by atoms with Crippen molar-refractivity contribution < 1.29 is 34.6 Å². The number of aromatic nitrogens is 2. The second-order valence-electron chi connectivity index (χ2n) is 10.1. The molecule has 210 valence electrons. The molecule has 0 fully saturated rings. The smallest absolute Gasteiger partial charge is 0.136 e. The molecule has 0 unspecified atom stereocenters. The van der Waals surface area contributed by atoms with E-state index in [9.17, 15) is 5.48 Å². The second-order valence-corrected chi connectivity index (χ2v) is 10.1. The Kier molecular flexibility index (Phi) is 2.35. The molecule has 0 atom stereocenters. The van der Waals surface area contributed by atoms with Crippen molar-refractivity contribution in [2.45, 2.75) is 0 Å². The minimum Gasteiger partial charge on any atom is -0.456 e. The molecule has 0 bridgehead atoms. The third kappa shape index (κ3) is 3.46. The van der Waals surface area contributed by atoms with E-state index in [0.717, 1.165) is 4.57 Å². The van der Waals surface area contributed by atoms with Crippen molar-refractivity contribution in [2.75, 3.05) is 0 Å². The Hall–Kier alpha value is -6.06. The summed E-state index contributed by atoms with van der Waals surface area (Å²) < 4.78 is 203. The topological polar surface area (TPSA) is 23.0 Å². The maximum atomic E-state index is 9.85. The average Bonchev–Trinajstić information content (AvgIpc) is 4.00. The van der Waals surface area contributed by atoms with Gasteiger partial charge in [0.25, 0.3) is 0 Å². The molecule has 0 aliphatic heterocycles. The van der Waals surface area contributed by atoms with Crippen LogP contribution in [0.15, 0.2) is 162 Å². The van der Waals surface area contributed by atoms with Gasteiger partial charge in [0.15, 0.2) is 0 Å².